The standard InChI is InChI=1S/C16H16Cl2FNO/c1-20-14(8-11-7-13(19)5-6-16(11)18)10-21-15-4-2-3-12(17)9-15/h2-7,9,14,20H,8,10H2,1H3. The molecular formula is C16H16Cl2FNO. The zero-order valence-corrected chi connectivity index (χ0v) is 13.1. The molecule has 5 heteroatoms. The normalized spacial score (nSPS) is 12.2. The van der Waals surface area contributed by atoms with Crippen LogP contribution in [0.25, 0.3) is 0 Å². The fourth-order valence-corrected chi connectivity index (χ4v) is 2.34. The summed E-state index contributed by atoms with van der Waals surface area (Å²) in [6.45, 7) is 0.434. The Hall–Kier alpha value is -1.29. The summed E-state index contributed by atoms with van der Waals surface area (Å²) >= 11 is 12.0. The van der Waals surface area contributed by atoms with Gasteiger partial charge in [0, 0.05) is 16.1 Å². The van der Waals surface area contributed by atoms with Crippen molar-refractivity contribution in [3.8, 4) is 5.75 Å². The van der Waals surface area contributed by atoms with Gasteiger partial charge in [-0.1, -0.05) is 29.3 Å². The number of hydrogen-bond acceptors (Lipinski definition) is 2. The van der Waals surface area contributed by atoms with Gasteiger partial charge in [-0.05, 0) is 55.4 Å². The van der Waals surface area contributed by atoms with Gasteiger partial charge in [0.2, 0.25) is 0 Å². The Kier molecular flexibility index (Phi) is 5.85. The van der Waals surface area contributed by atoms with Gasteiger partial charge in [-0.2, -0.15) is 0 Å². The summed E-state index contributed by atoms with van der Waals surface area (Å²) in [5.74, 6) is 0.410. The van der Waals surface area contributed by atoms with Crippen LogP contribution in [0.5, 0.6) is 5.75 Å². The van der Waals surface area contributed by atoms with E-state index >= 15 is 0 Å². The van der Waals surface area contributed by atoms with Crippen LogP contribution in [0, 0.1) is 5.82 Å². The van der Waals surface area contributed by atoms with Gasteiger partial charge < -0.3 is 10.1 Å². The highest BCUT2D eigenvalue weighted by atomic mass is 35.5. The zero-order valence-electron chi connectivity index (χ0n) is 11.6. The van der Waals surface area contributed by atoms with Crippen LogP contribution in [0.3, 0.4) is 0 Å². The minimum Gasteiger partial charge on any atom is -0.492 e. The number of benzene rings is 2. The number of halogens is 3. The van der Waals surface area contributed by atoms with Crippen LogP contribution in [0.1, 0.15) is 5.56 Å². The highest BCUT2D eigenvalue weighted by Gasteiger charge is 2.12. The minimum atomic E-state index is -0.292. The lowest BCUT2D eigenvalue weighted by Crippen LogP contribution is -2.33. The molecule has 0 aliphatic carbocycles. The second kappa shape index (κ2) is 7.64. The Morgan fingerprint density at radius 3 is 2.71 bits per heavy atom. The Morgan fingerprint density at radius 2 is 2.00 bits per heavy atom. The summed E-state index contributed by atoms with van der Waals surface area (Å²) in [4.78, 5) is 0. The van der Waals surface area contributed by atoms with Crippen LogP contribution >= 0.6 is 23.2 Å². The lowest BCUT2D eigenvalue weighted by Gasteiger charge is -2.18. The number of rotatable bonds is 6. The van der Waals surface area contributed by atoms with Crippen LogP contribution in [0.4, 0.5) is 4.39 Å². The smallest absolute Gasteiger partial charge is 0.123 e. The summed E-state index contributed by atoms with van der Waals surface area (Å²) in [6, 6.07) is 11.6. The summed E-state index contributed by atoms with van der Waals surface area (Å²) < 4.78 is 19.0. The van der Waals surface area contributed by atoms with E-state index in [4.69, 9.17) is 27.9 Å². The van der Waals surface area contributed by atoms with Crippen molar-refractivity contribution in [1.82, 2.24) is 5.32 Å². The molecule has 0 aliphatic heterocycles. The van der Waals surface area contributed by atoms with Crippen molar-refractivity contribution in [3.05, 3.63) is 63.9 Å². The van der Waals surface area contributed by atoms with Gasteiger partial charge in [0.15, 0.2) is 0 Å². The zero-order chi connectivity index (χ0) is 15.2. The van der Waals surface area contributed by atoms with Gasteiger partial charge >= 0.3 is 0 Å². The van der Waals surface area contributed by atoms with E-state index in [0.29, 0.717) is 28.8 Å². The van der Waals surface area contributed by atoms with E-state index in [-0.39, 0.29) is 11.9 Å². The number of nitrogens with one attached hydrogen (secondary N) is 1. The number of likely N-dealkylation sites (N-methyl/N-ethyl adjacent to an activating group) is 1. The molecular weight excluding hydrogens is 312 g/mol. The molecule has 0 aliphatic rings. The van der Waals surface area contributed by atoms with Crippen LogP contribution in [-0.4, -0.2) is 19.7 Å². The molecule has 0 saturated heterocycles. The molecule has 0 aromatic heterocycles. The SMILES string of the molecule is CNC(COc1cccc(Cl)c1)Cc1cc(F)ccc1Cl. The Balaban J connectivity index is 1.98. The first-order valence-electron chi connectivity index (χ1n) is 6.58. The number of ether oxygens (including phenoxy) is 1. The highest BCUT2D eigenvalue weighted by molar-refractivity contribution is 6.31. The van der Waals surface area contributed by atoms with E-state index in [2.05, 4.69) is 5.32 Å². The van der Waals surface area contributed by atoms with Crippen molar-refractivity contribution in [2.75, 3.05) is 13.7 Å². The van der Waals surface area contributed by atoms with Crippen molar-refractivity contribution < 1.29 is 9.13 Å². The molecule has 0 radical (unpaired) electrons. The molecule has 0 bridgehead atoms. The van der Waals surface area contributed by atoms with Crippen LogP contribution in [0.15, 0.2) is 42.5 Å². The van der Waals surface area contributed by atoms with Crippen LogP contribution < -0.4 is 10.1 Å². The Bertz CT molecular complexity index is 607. The molecule has 2 nitrogen and oxygen atoms in total. The fourth-order valence-electron chi connectivity index (χ4n) is 1.96. The maximum atomic E-state index is 13.3. The van der Waals surface area contributed by atoms with E-state index in [1.807, 2.05) is 19.2 Å². The van der Waals surface area contributed by atoms with Crippen LogP contribution in [-0.2, 0) is 6.42 Å². The Morgan fingerprint density at radius 1 is 1.19 bits per heavy atom. The van der Waals surface area contributed by atoms with Gasteiger partial charge in [0.05, 0.1) is 0 Å². The maximum absolute atomic E-state index is 13.3. The second-order valence-corrected chi connectivity index (χ2v) is 5.54. The minimum absolute atomic E-state index is 0.0169. The fraction of sp³-hybridized carbons (Fsp3) is 0.250. The highest BCUT2D eigenvalue weighted by Crippen LogP contribution is 2.20. The molecule has 1 N–H and O–H groups in total. The predicted molar refractivity (Wildman–Crippen MR) is 84.9 cm³/mol. The predicted octanol–water partition coefficient (Wildman–Crippen LogP) is 4.34. The van der Waals surface area contributed by atoms with Gasteiger partial charge in [0.1, 0.15) is 18.2 Å². The van der Waals surface area contributed by atoms with E-state index < -0.39 is 0 Å². The molecule has 0 heterocycles. The Labute approximate surface area is 133 Å². The van der Waals surface area contributed by atoms with Gasteiger partial charge in [0.25, 0.3) is 0 Å². The van der Waals surface area contributed by atoms with E-state index in [1.54, 1.807) is 18.2 Å². The third kappa shape index (κ3) is 4.88. The van der Waals surface area contributed by atoms with E-state index in [0.717, 1.165) is 5.56 Å². The van der Waals surface area contributed by atoms with Gasteiger partial charge in [-0.3, -0.25) is 0 Å². The van der Waals surface area contributed by atoms with Gasteiger partial charge in [-0.15, -0.1) is 0 Å². The molecule has 2 aromatic carbocycles. The molecule has 112 valence electrons. The summed E-state index contributed by atoms with van der Waals surface area (Å²) in [6.07, 6.45) is 0.577. The molecule has 1 atom stereocenters. The van der Waals surface area contributed by atoms with Crippen molar-refractivity contribution in [2.45, 2.75) is 12.5 Å². The molecule has 21 heavy (non-hydrogen) atoms. The second-order valence-electron chi connectivity index (χ2n) is 4.69. The summed E-state index contributed by atoms with van der Waals surface area (Å²) in [5, 5.41) is 4.32. The molecule has 0 spiro atoms. The molecule has 2 rings (SSSR count). The molecule has 0 amide bonds. The first-order valence-corrected chi connectivity index (χ1v) is 7.33. The number of hydrogen-bond donors (Lipinski definition) is 1. The maximum Gasteiger partial charge on any atom is 0.123 e. The average Bonchev–Trinajstić information content (AvgIpc) is 2.47. The summed E-state index contributed by atoms with van der Waals surface area (Å²) in [7, 11) is 1.83. The average molecular weight is 328 g/mol. The lowest BCUT2D eigenvalue weighted by molar-refractivity contribution is 0.269. The quantitative estimate of drug-likeness (QED) is 0.852. The van der Waals surface area contributed by atoms with E-state index in [9.17, 15) is 4.39 Å². The van der Waals surface area contributed by atoms with E-state index in [1.165, 1.54) is 12.1 Å². The van der Waals surface area contributed by atoms with Crippen molar-refractivity contribution in [1.29, 1.82) is 0 Å². The van der Waals surface area contributed by atoms with Gasteiger partial charge in [-0.25, -0.2) is 4.39 Å². The molecule has 0 saturated carbocycles. The molecule has 2 aromatic rings. The third-order valence-electron chi connectivity index (χ3n) is 3.13. The first-order chi connectivity index (χ1) is 10.1. The van der Waals surface area contributed by atoms with Crippen LogP contribution in [0.2, 0.25) is 10.0 Å². The summed E-state index contributed by atoms with van der Waals surface area (Å²) in [5.41, 5.74) is 0.755. The largest absolute Gasteiger partial charge is 0.492 e. The monoisotopic (exact) mass is 327 g/mol. The molecule has 1 unspecified atom stereocenters. The molecule has 0 fully saturated rings. The topological polar surface area (TPSA) is 21.3 Å². The van der Waals surface area contributed by atoms with Crippen molar-refractivity contribution >= 4 is 23.2 Å². The first kappa shape index (κ1) is 16.1. The third-order valence-corrected chi connectivity index (χ3v) is 3.73. The van der Waals surface area contributed by atoms with Crippen molar-refractivity contribution in [2.24, 2.45) is 0 Å². The van der Waals surface area contributed by atoms with Crippen molar-refractivity contribution in [3.63, 3.8) is 0 Å². The lowest BCUT2D eigenvalue weighted by atomic mass is 10.1.